The van der Waals surface area contributed by atoms with E-state index in [4.69, 9.17) is 4.74 Å². The van der Waals surface area contributed by atoms with Crippen LogP contribution in [0.15, 0.2) is 71.8 Å². The molecule has 0 aliphatic heterocycles. The highest BCUT2D eigenvalue weighted by molar-refractivity contribution is 5.89. The number of methoxy groups -OCH3 is 1. The summed E-state index contributed by atoms with van der Waals surface area (Å²) >= 11 is 0. The SMILES string of the molecule is COC(=O)c1ccc(Cn2cnc(OCc3ccccc3)cc2=O)cc1. The molecule has 1 aromatic heterocycles. The van der Waals surface area contributed by atoms with Crippen LogP contribution < -0.4 is 10.3 Å². The molecular weight excluding hydrogens is 332 g/mol. The van der Waals surface area contributed by atoms with Crippen LogP contribution >= 0.6 is 0 Å². The van der Waals surface area contributed by atoms with Crippen LogP contribution in [0, 0.1) is 0 Å². The van der Waals surface area contributed by atoms with Gasteiger partial charge in [0, 0.05) is 0 Å². The normalized spacial score (nSPS) is 10.3. The standard InChI is InChI=1S/C20H18N2O4/c1-25-20(24)17-9-7-15(8-10-17)12-22-14-21-18(11-19(22)23)26-13-16-5-3-2-4-6-16/h2-11,14H,12-13H2,1H3. The van der Waals surface area contributed by atoms with E-state index in [0.29, 0.717) is 18.7 Å². The van der Waals surface area contributed by atoms with Gasteiger partial charge in [-0.15, -0.1) is 0 Å². The average Bonchev–Trinajstić information content (AvgIpc) is 2.69. The van der Waals surface area contributed by atoms with E-state index in [1.165, 1.54) is 24.1 Å². The van der Waals surface area contributed by atoms with Crippen LogP contribution in [0.2, 0.25) is 0 Å². The molecule has 0 aliphatic rings. The van der Waals surface area contributed by atoms with Crippen molar-refractivity contribution in [2.24, 2.45) is 0 Å². The molecule has 0 amide bonds. The number of hydrogen-bond donors (Lipinski definition) is 0. The number of nitrogens with zero attached hydrogens (tertiary/aromatic N) is 2. The number of esters is 1. The second-order valence-electron chi connectivity index (χ2n) is 5.66. The molecule has 2 aromatic carbocycles. The molecule has 0 saturated carbocycles. The Morgan fingerprint density at radius 1 is 1.04 bits per heavy atom. The average molecular weight is 350 g/mol. The zero-order valence-corrected chi connectivity index (χ0v) is 14.3. The van der Waals surface area contributed by atoms with Crippen LogP contribution in [0.4, 0.5) is 0 Å². The van der Waals surface area contributed by atoms with Gasteiger partial charge >= 0.3 is 5.97 Å². The number of carbonyl (C=O) groups excluding carboxylic acids is 1. The van der Waals surface area contributed by atoms with Gasteiger partial charge in [-0.25, -0.2) is 9.78 Å². The van der Waals surface area contributed by atoms with Gasteiger partial charge in [0.05, 0.1) is 25.3 Å². The Hall–Kier alpha value is -3.41. The molecule has 0 unspecified atom stereocenters. The zero-order chi connectivity index (χ0) is 18.4. The van der Waals surface area contributed by atoms with E-state index in [1.54, 1.807) is 24.3 Å². The Balaban J connectivity index is 1.66. The molecule has 0 aliphatic carbocycles. The molecule has 0 fully saturated rings. The molecular formula is C20H18N2O4. The van der Waals surface area contributed by atoms with Gasteiger partial charge in [0.15, 0.2) is 0 Å². The van der Waals surface area contributed by atoms with E-state index in [1.807, 2.05) is 30.3 Å². The lowest BCUT2D eigenvalue weighted by atomic mass is 10.1. The van der Waals surface area contributed by atoms with Crippen LogP contribution in [0.3, 0.4) is 0 Å². The largest absolute Gasteiger partial charge is 0.473 e. The minimum Gasteiger partial charge on any atom is -0.473 e. The van der Waals surface area contributed by atoms with Crippen molar-refractivity contribution < 1.29 is 14.3 Å². The smallest absolute Gasteiger partial charge is 0.337 e. The van der Waals surface area contributed by atoms with Crippen molar-refractivity contribution in [1.82, 2.24) is 9.55 Å². The van der Waals surface area contributed by atoms with Crippen LogP contribution in [0.1, 0.15) is 21.5 Å². The van der Waals surface area contributed by atoms with E-state index in [0.717, 1.165) is 11.1 Å². The maximum absolute atomic E-state index is 12.2. The fraction of sp³-hybridized carbons (Fsp3) is 0.150. The van der Waals surface area contributed by atoms with Gasteiger partial charge in [-0.1, -0.05) is 42.5 Å². The summed E-state index contributed by atoms with van der Waals surface area (Å²) in [4.78, 5) is 27.9. The molecule has 26 heavy (non-hydrogen) atoms. The topological polar surface area (TPSA) is 70.4 Å². The van der Waals surface area contributed by atoms with Crippen LogP contribution in [-0.2, 0) is 17.9 Å². The predicted molar refractivity (Wildman–Crippen MR) is 96.2 cm³/mol. The quantitative estimate of drug-likeness (QED) is 0.639. The molecule has 0 bridgehead atoms. The number of ether oxygens (including phenoxy) is 2. The van der Waals surface area contributed by atoms with E-state index < -0.39 is 5.97 Å². The summed E-state index contributed by atoms with van der Waals surface area (Å²) < 4.78 is 11.7. The van der Waals surface area contributed by atoms with Gasteiger partial charge in [0.1, 0.15) is 12.9 Å². The fourth-order valence-corrected chi connectivity index (χ4v) is 2.40. The first-order valence-electron chi connectivity index (χ1n) is 8.06. The predicted octanol–water partition coefficient (Wildman–Crippen LogP) is 2.66. The first-order chi connectivity index (χ1) is 12.7. The fourth-order valence-electron chi connectivity index (χ4n) is 2.40. The zero-order valence-electron chi connectivity index (χ0n) is 14.3. The summed E-state index contributed by atoms with van der Waals surface area (Å²) in [6, 6.07) is 17.9. The molecule has 0 radical (unpaired) electrons. The molecule has 6 heteroatoms. The van der Waals surface area contributed by atoms with Crippen molar-refractivity contribution in [3.8, 4) is 5.88 Å². The molecule has 0 N–H and O–H groups in total. The molecule has 3 aromatic rings. The Kier molecular flexibility index (Phi) is 5.43. The van der Waals surface area contributed by atoms with Crippen LogP contribution in [-0.4, -0.2) is 22.6 Å². The third-order valence-electron chi connectivity index (χ3n) is 3.81. The molecule has 0 spiro atoms. The first kappa shape index (κ1) is 17.4. The van der Waals surface area contributed by atoms with Crippen LogP contribution in [0.5, 0.6) is 5.88 Å². The Morgan fingerprint density at radius 3 is 2.42 bits per heavy atom. The highest BCUT2D eigenvalue weighted by Gasteiger charge is 2.06. The molecule has 3 rings (SSSR count). The molecule has 0 atom stereocenters. The summed E-state index contributed by atoms with van der Waals surface area (Å²) in [6.07, 6.45) is 1.46. The molecule has 1 heterocycles. The first-order valence-corrected chi connectivity index (χ1v) is 8.06. The van der Waals surface area contributed by atoms with Gasteiger partial charge in [-0.2, -0.15) is 0 Å². The van der Waals surface area contributed by atoms with E-state index in [9.17, 15) is 9.59 Å². The van der Waals surface area contributed by atoms with Gasteiger partial charge in [0.25, 0.3) is 5.56 Å². The maximum Gasteiger partial charge on any atom is 0.337 e. The van der Waals surface area contributed by atoms with Gasteiger partial charge in [0.2, 0.25) is 5.88 Å². The minimum absolute atomic E-state index is 0.208. The highest BCUT2D eigenvalue weighted by atomic mass is 16.5. The second-order valence-corrected chi connectivity index (χ2v) is 5.66. The van der Waals surface area contributed by atoms with Crippen molar-refractivity contribution >= 4 is 5.97 Å². The molecule has 132 valence electrons. The molecule has 0 saturated heterocycles. The third-order valence-corrected chi connectivity index (χ3v) is 3.81. The van der Waals surface area contributed by atoms with Gasteiger partial charge in [-0.3, -0.25) is 9.36 Å². The van der Waals surface area contributed by atoms with Crippen molar-refractivity contribution in [3.05, 3.63) is 94.0 Å². The second kappa shape index (κ2) is 8.11. The summed E-state index contributed by atoms with van der Waals surface area (Å²) in [6.45, 7) is 0.707. The number of rotatable bonds is 6. The van der Waals surface area contributed by atoms with Crippen molar-refractivity contribution in [3.63, 3.8) is 0 Å². The number of aromatic nitrogens is 2. The minimum atomic E-state index is -0.393. The van der Waals surface area contributed by atoms with Gasteiger partial charge in [-0.05, 0) is 23.3 Å². The van der Waals surface area contributed by atoms with Crippen molar-refractivity contribution in [2.75, 3.05) is 7.11 Å². The van der Waals surface area contributed by atoms with E-state index >= 15 is 0 Å². The van der Waals surface area contributed by atoms with E-state index in [-0.39, 0.29) is 11.4 Å². The Bertz CT molecular complexity index is 934. The monoisotopic (exact) mass is 350 g/mol. The summed E-state index contributed by atoms with van der Waals surface area (Å²) in [5.41, 5.74) is 2.13. The van der Waals surface area contributed by atoms with Crippen LogP contribution in [0.25, 0.3) is 0 Å². The lowest BCUT2D eigenvalue weighted by Gasteiger charge is -2.08. The lowest BCUT2D eigenvalue weighted by molar-refractivity contribution is 0.0600. The van der Waals surface area contributed by atoms with Crippen molar-refractivity contribution in [2.45, 2.75) is 13.2 Å². The number of hydrogen-bond acceptors (Lipinski definition) is 5. The number of benzene rings is 2. The third kappa shape index (κ3) is 4.36. The lowest BCUT2D eigenvalue weighted by Crippen LogP contribution is -2.20. The Labute approximate surface area is 150 Å². The highest BCUT2D eigenvalue weighted by Crippen LogP contribution is 2.09. The Morgan fingerprint density at radius 2 is 1.77 bits per heavy atom. The van der Waals surface area contributed by atoms with Crippen molar-refractivity contribution in [1.29, 1.82) is 0 Å². The summed E-state index contributed by atoms with van der Waals surface area (Å²) in [5, 5.41) is 0. The van der Waals surface area contributed by atoms with E-state index in [2.05, 4.69) is 9.72 Å². The maximum atomic E-state index is 12.2. The van der Waals surface area contributed by atoms with Gasteiger partial charge < -0.3 is 9.47 Å². The summed E-state index contributed by atoms with van der Waals surface area (Å²) in [5.74, 6) is -0.105. The number of carbonyl (C=O) groups is 1. The summed E-state index contributed by atoms with van der Waals surface area (Å²) in [7, 11) is 1.34. The molecule has 6 nitrogen and oxygen atoms in total.